The van der Waals surface area contributed by atoms with E-state index in [2.05, 4.69) is 16.8 Å². The molecule has 1 aromatic heterocycles. The molecule has 0 radical (unpaired) electrons. The van der Waals surface area contributed by atoms with Gasteiger partial charge in [-0.05, 0) is 47.7 Å². The Hall–Kier alpha value is -3.60. The summed E-state index contributed by atoms with van der Waals surface area (Å²) in [5, 5.41) is 5.22. The van der Waals surface area contributed by atoms with Crippen molar-refractivity contribution in [3.05, 3.63) is 102 Å². The number of rotatable bonds is 8. The third-order valence-electron chi connectivity index (χ3n) is 5.62. The second-order valence-electron chi connectivity index (χ2n) is 7.99. The van der Waals surface area contributed by atoms with E-state index in [1.807, 2.05) is 71.8 Å². The van der Waals surface area contributed by atoms with E-state index in [4.69, 9.17) is 0 Å². The summed E-state index contributed by atoms with van der Waals surface area (Å²) >= 11 is 0. The van der Waals surface area contributed by atoms with Gasteiger partial charge in [0.05, 0.1) is 12.2 Å². The van der Waals surface area contributed by atoms with Crippen LogP contribution in [0.5, 0.6) is 0 Å². The zero-order valence-corrected chi connectivity index (χ0v) is 18.3. The molecule has 4 aromatic rings. The number of benzene rings is 3. The number of hydrogen-bond donors (Lipinski definition) is 1. The summed E-state index contributed by atoms with van der Waals surface area (Å²) in [4.78, 5) is 15.1. The second-order valence-corrected chi connectivity index (χ2v) is 7.99. The maximum absolute atomic E-state index is 13.6. The molecule has 0 bridgehead atoms. The van der Waals surface area contributed by atoms with Crippen LogP contribution in [0, 0.1) is 5.82 Å². The number of anilines is 1. The van der Waals surface area contributed by atoms with Crippen LogP contribution in [0.15, 0.2) is 85.1 Å². The lowest BCUT2D eigenvalue weighted by atomic mass is 10.1. The van der Waals surface area contributed by atoms with E-state index in [1.165, 1.54) is 6.07 Å². The number of halogens is 1. The second kappa shape index (κ2) is 10.1. The van der Waals surface area contributed by atoms with E-state index in [1.54, 1.807) is 12.1 Å². The van der Waals surface area contributed by atoms with E-state index in [9.17, 15) is 9.18 Å². The van der Waals surface area contributed by atoms with Crippen LogP contribution in [0.3, 0.4) is 0 Å². The molecule has 0 fully saturated rings. The van der Waals surface area contributed by atoms with Crippen molar-refractivity contribution < 1.29 is 9.18 Å². The number of nitrogens with one attached hydrogen (secondary N) is 1. The van der Waals surface area contributed by atoms with Crippen LogP contribution in [-0.4, -0.2) is 22.0 Å². The average Bonchev–Trinajstić information content (AvgIpc) is 3.23. The van der Waals surface area contributed by atoms with Crippen LogP contribution < -0.4 is 5.32 Å². The Balaban J connectivity index is 1.53. The summed E-state index contributed by atoms with van der Waals surface area (Å²) < 4.78 is 15.7. The minimum Gasteiger partial charge on any atom is -0.345 e. The Bertz CT molecular complexity index is 1190. The van der Waals surface area contributed by atoms with Gasteiger partial charge in [0.2, 0.25) is 0 Å². The Kier molecular flexibility index (Phi) is 6.85. The summed E-state index contributed by atoms with van der Waals surface area (Å²) in [5.41, 5.74) is 2.71. The van der Waals surface area contributed by atoms with E-state index in [-0.39, 0.29) is 11.8 Å². The summed E-state index contributed by atoms with van der Waals surface area (Å²) in [6, 6.07) is 24.5. The number of nitrogens with zero attached hydrogens (tertiary/aromatic N) is 2. The molecule has 1 N–H and O–H groups in total. The molecule has 1 heterocycles. The zero-order valence-electron chi connectivity index (χ0n) is 18.3. The van der Waals surface area contributed by atoms with Crippen molar-refractivity contribution >= 4 is 22.5 Å². The standard InChI is InChI=1S/C27H28FN3O/c1-2-3-16-31(27(32)29-26-15-7-11-22-10-4-5-14-25(22)26)20-24-13-8-17-30(24)19-21-9-6-12-23(28)18-21/h4-15,17-18H,2-3,16,19-20H2,1H3,(H,29,32). The summed E-state index contributed by atoms with van der Waals surface area (Å²) in [7, 11) is 0. The third kappa shape index (κ3) is 5.17. The first kappa shape index (κ1) is 21.6. The van der Waals surface area contributed by atoms with Crippen LogP contribution in [0.4, 0.5) is 14.9 Å². The molecule has 0 spiro atoms. The largest absolute Gasteiger partial charge is 0.345 e. The van der Waals surface area contributed by atoms with E-state index in [0.29, 0.717) is 19.6 Å². The minimum atomic E-state index is -0.241. The Morgan fingerprint density at radius 2 is 1.81 bits per heavy atom. The SMILES string of the molecule is CCCCN(Cc1cccn1Cc1cccc(F)c1)C(=O)Nc1cccc2ccccc12. The summed E-state index contributed by atoms with van der Waals surface area (Å²) in [6.45, 7) is 3.83. The smallest absolute Gasteiger partial charge is 0.322 e. The normalized spacial score (nSPS) is 10.9. The van der Waals surface area contributed by atoms with Crippen molar-refractivity contribution in [3.63, 3.8) is 0 Å². The maximum Gasteiger partial charge on any atom is 0.322 e. The zero-order chi connectivity index (χ0) is 22.3. The molecule has 0 aliphatic rings. The van der Waals surface area contributed by atoms with Crippen molar-refractivity contribution in [2.45, 2.75) is 32.9 Å². The van der Waals surface area contributed by atoms with Crippen molar-refractivity contribution in [1.82, 2.24) is 9.47 Å². The molecular formula is C27H28FN3O. The van der Waals surface area contributed by atoms with Crippen molar-refractivity contribution in [1.29, 1.82) is 0 Å². The molecule has 164 valence electrons. The highest BCUT2D eigenvalue weighted by atomic mass is 19.1. The number of carbonyl (C=O) groups is 1. The van der Waals surface area contributed by atoms with Crippen molar-refractivity contribution in [2.24, 2.45) is 0 Å². The number of hydrogen-bond acceptors (Lipinski definition) is 1. The monoisotopic (exact) mass is 429 g/mol. The highest BCUT2D eigenvalue weighted by Gasteiger charge is 2.17. The van der Waals surface area contributed by atoms with Gasteiger partial charge in [-0.3, -0.25) is 0 Å². The fraction of sp³-hybridized carbons (Fsp3) is 0.222. The van der Waals surface area contributed by atoms with Gasteiger partial charge in [0.1, 0.15) is 5.82 Å². The van der Waals surface area contributed by atoms with Gasteiger partial charge in [-0.2, -0.15) is 0 Å². The van der Waals surface area contributed by atoms with Gasteiger partial charge < -0.3 is 14.8 Å². The lowest BCUT2D eigenvalue weighted by Crippen LogP contribution is -2.36. The first-order valence-electron chi connectivity index (χ1n) is 11.1. The molecule has 3 aromatic carbocycles. The predicted octanol–water partition coefficient (Wildman–Crippen LogP) is 6.66. The lowest BCUT2D eigenvalue weighted by molar-refractivity contribution is 0.207. The van der Waals surface area contributed by atoms with Crippen LogP contribution in [-0.2, 0) is 13.1 Å². The molecule has 0 saturated heterocycles. The molecule has 0 unspecified atom stereocenters. The van der Waals surface area contributed by atoms with Gasteiger partial charge in [-0.25, -0.2) is 9.18 Å². The van der Waals surface area contributed by atoms with Crippen molar-refractivity contribution in [3.8, 4) is 0 Å². The Labute approximate surface area is 188 Å². The van der Waals surface area contributed by atoms with Crippen LogP contribution >= 0.6 is 0 Å². The molecule has 4 rings (SSSR count). The molecule has 2 amide bonds. The topological polar surface area (TPSA) is 37.3 Å². The lowest BCUT2D eigenvalue weighted by Gasteiger charge is -2.24. The number of carbonyl (C=O) groups excluding carboxylic acids is 1. The van der Waals surface area contributed by atoms with Crippen LogP contribution in [0.25, 0.3) is 10.8 Å². The van der Waals surface area contributed by atoms with E-state index >= 15 is 0 Å². The minimum absolute atomic E-state index is 0.117. The van der Waals surface area contributed by atoms with Gasteiger partial charge in [-0.1, -0.05) is 61.9 Å². The molecule has 0 aliphatic carbocycles. The fourth-order valence-corrected chi connectivity index (χ4v) is 3.90. The van der Waals surface area contributed by atoms with Crippen LogP contribution in [0.1, 0.15) is 31.0 Å². The van der Waals surface area contributed by atoms with Gasteiger partial charge in [-0.15, -0.1) is 0 Å². The predicted molar refractivity (Wildman–Crippen MR) is 128 cm³/mol. The number of amides is 2. The average molecular weight is 430 g/mol. The highest BCUT2D eigenvalue weighted by molar-refractivity contribution is 6.01. The molecule has 4 nitrogen and oxygen atoms in total. The maximum atomic E-state index is 13.6. The number of fused-ring (bicyclic) bond motifs is 1. The third-order valence-corrected chi connectivity index (χ3v) is 5.62. The first-order chi connectivity index (χ1) is 15.6. The molecule has 0 atom stereocenters. The number of urea groups is 1. The fourth-order valence-electron chi connectivity index (χ4n) is 3.90. The Morgan fingerprint density at radius 1 is 1.00 bits per heavy atom. The molecule has 5 heteroatoms. The van der Waals surface area contributed by atoms with Gasteiger partial charge in [0.15, 0.2) is 0 Å². The molecule has 0 aliphatic heterocycles. The summed E-state index contributed by atoms with van der Waals surface area (Å²) in [6.07, 6.45) is 3.90. The van der Waals surface area contributed by atoms with Crippen molar-refractivity contribution in [2.75, 3.05) is 11.9 Å². The van der Waals surface area contributed by atoms with Gasteiger partial charge >= 0.3 is 6.03 Å². The molecule has 0 saturated carbocycles. The van der Waals surface area contributed by atoms with Gasteiger partial charge in [0, 0.05) is 30.4 Å². The molecular weight excluding hydrogens is 401 g/mol. The van der Waals surface area contributed by atoms with E-state index < -0.39 is 0 Å². The first-order valence-corrected chi connectivity index (χ1v) is 11.1. The number of unbranched alkanes of at least 4 members (excludes halogenated alkanes) is 1. The van der Waals surface area contributed by atoms with E-state index in [0.717, 1.165) is 40.6 Å². The Morgan fingerprint density at radius 3 is 2.66 bits per heavy atom. The highest BCUT2D eigenvalue weighted by Crippen LogP contribution is 2.23. The van der Waals surface area contributed by atoms with Gasteiger partial charge in [0.25, 0.3) is 0 Å². The molecule has 32 heavy (non-hydrogen) atoms. The quantitative estimate of drug-likeness (QED) is 0.334. The summed E-state index contributed by atoms with van der Waals surface area (Å²) in [5.74, 6) is -0.241. The number of aromatic nitrogens is 1. The van der Waals surface area contributed by atoms with Crippen LogP contribution in [0.2, 0.25) is 0 Å².